The van der Waals surface area contributed by atoms with Gasteiger partial charge in [-0.25, -0.2) is 36.1 Å². The lowest BCUT2D eigenvalue weighted by molar-refractivity contribution is 1.40. The fourth-order valence-electron chi connectivity index (χ4n) is 1.95. The summed E-state index contributed by atoms with van der Waals surface area (Å²) in [7, 11) is 0. The SMILES string of the molecule is C1=C[CH-]c2c(ccc3ccccc23)[CH-]1. The van der Waals surface area contributed by atoms with Gasteiger partial charge < -0.3 is 0 Å². The zero-order chi connectivity index (χ0) is 9.38. The van der Waals surface area contributed by atoms with Gasteiger partial charge >= 0.3 is 0 Å². The van der Waals surface area contributed by atoms with E-state index in [1.165, 1.54) is 21.9 Å². The summed E-state index contributed by atoms with van der Waals surface area (Å²) in [5.41, 5.74) is 2.65. The summed E-state index contributed by atoms with van der Waals surface area (Å²) in [4.78, 5) is 0. The van der Waals surface area contributed by atoms with Crippen LogP contribution < -0.4 is 0 Å². The quantitative estimate of drug-likeness (QED) is 0.541. The highest BCUT2D eigenvalue weighted by Gasteiger charge is 1.92. The normalized spacial score (nSPS) is 13.1. The van der Waals surface area contributed by atoms with Crippen LogP contribution in [0.5, 0.6) is 0 Å². The maximum Gasteiger partial charge on any atom is -0.0633 e. The molecule has 0 radical (unpaired) electrons. The molecule has 68 valence electrons. The molecule has 0 unspecified atom stereocenters. The molecule has 0 aliphatic heterocycles. The van der Waals surface area contributed by atoms with Crippen molar-refractivity contribution in [3.05, 3.63) is 72.5 Å². The zero-order valence-corrected chi connectivity index (χ0v) is 7.77. The average Bonchev–Trinajstić information content (AvgIpc) is 2.29. The molecular weight excluding hydrogens is 168 g/mol. The molecule has 0 heteroatoms. The summed E-state index contributed by atoms with van der Waals surface area (Å²) in [6, 6.07) is 12.9. The molecule has 0 bridgehead atoms. The lowest BCUT2D eigenvalue weighted by Crippen LogP contribution is -1.94. The van der Waals surface area contributed by atoms with Crippen LogP contribution in [0.1, 0.15) is 11.1 Å². The Labute approximate surface area is 83.9 Å². The second-order valence-corrected chi connectivity index (χ2v) is 3.51. The lowest BCUT2D eigenvalue weighted by Gasteiger charge is -2.29. The molecule has 2 aromatic carbocycles. The zero-order valence-electron chi connectivity index (χ0n) is 7.77. The second kappa shape index (κ2) is 2.85. The minimum atomic E-state index is 1.31. The van der Waals surface area contributed by atoms with E-state index >= 15 is 0 Å². The molecule has 0 N–H and O–H groups in total. The smallest absolute Gasteiger partial charge is 0.0633 e. The minimum absolute atomic E-state index is 1.31. The first-order valence-electron chi connectivity index (χ1n) is 4.82. The van der Waals surface area contributed by atoms with Gasteiger partial charge in [0.2, 0.25) is 0 Å². The van der Waals surface area contributed by atoms with Crippen molar-refractivity contribution in [2.24, 2.45) is 0 Å². The summed E-state index contributed by atoms with van der Waals surface area (Å²) in [6.45, 7) is 0. The van der Waals surface area contributed by atoms with Gasteiger partial charge in [-0.05, 0) is 0 Å². The molecule has 3 rings (SSSR count). The molecule has 14 heavy (non-hydrogen) atoms. The molecule has 0 spiro atoms. The van der Waals surface area contributed by atoms with Gasteiger partial charge in [-0.1, -0.05) is 23.6 Å². The van der Waals surface area contributed by atoms with Gasteiger partial charge in [-0.15, -0.1) is 17.5 Å². The van der Waals surface area contributed by atoms with Crippen LogP contribution in [-0.4, -0.2) is 0 Å². The highest BCUT2D eigenvalue weighted by molar-refractivity contribution is 5.89. The average molecular weight is 178 g/mol. The van der Waals surface area contributed by atoms with Gasteiger partial charge in [0, 0.05) is 0 Å². The molecule has 0 saturated heterocycles. The van der Waals surface area contributed by atoms with E-state index in [-0.39, 0.29) is 0 Å². The van der Waals surface area contributed by atoms with Crippen LogP contribution in [0, 0.1) is 12.8 Å². The third-order valence-electron chi connectivity index (χ3n) is 2.65. The third-order valence-corrected chi connectivity index (χ3v) is 2.65. The highest BCUT2D eigenvalue weighted by Crippen LogP contribution is 2.27. The van der Waals surface area contributed by atoms with E-state index in [1.807, 2.05) is 0 Å². The summed E-state index contributed by atoms with van der Waals surface area (Å²) < 4.78 is 0. The fraction of sp³-hybridized carbons (Fsp3) is 0. The number of allylic oxidation sites excluding steroid dienone is 2. The van der Waals surface area contributed by atoms with Crippen LogP contribution in [0.4, 0.5) is 0 Å². The van der Waals surface area contributed by atoms with Crippen molar-refractivity contribution in [1.82, 2.24) is 0 Å². The number of hydrogen-bond acceptors (Lipinski definition) is 0. The Hall–Kier alpha value is -1.82. The topological polar surface area (TPSA) is 0 Å². The Kier molecular flexibility index (Phi) is 1.54. The van der Waals surface area contributed by atoms with Gasteiger partial charge in [-0.2, -0.15) is 6.07 Å². The third kappa shape index (κ3) is 1.01. The number of rotatable bonds is 0. The van der Waals surface area contributed by atoms with Crippen molar-refractivity contribution in [3.63, 3.8) is 0 Å². The van der Waals surface area contributed by atoms with Crippen LogP contribution in [0.3, 0.4) is 0 Å². The van der Waals surface area contributed by atoms with Gasteiger partial charge in [0.25, 0.3) is 0 Å². The van der Waals surface area contributed by atoms with Crippen LogP contribution in [-0.2, 0) is 0 Å². The highest BCUT2D eigenvalue weighted by atomic mass is 14.1. The maximum absolute atomic E-state index is 2.18. The molecule has 0 fully saturated rings. The molecule has 0 nitrogen and oxygen atoms in total. The first-order valence-corrected chi connectivity index (χ1v) is 4.82. The summed E-state index contributed by atoms with van der Waals surface area (Å²) >= 11 is 0. The molecule has 1 aliphatic carbocycles. The van der Waals surface area contributed by atoms with Crippen LogP contribution in [0.15, 0.2) is 48.6 Å². The van der Waals surface area contributed by atoms with Crippen molar-refractivity contribution in [3.8, 4) is 0 Å². The molecule has 0 heterocycles. The maximum atomic E-state index is 2.18. The monoisotopic (exact) mass is 178 g/mol. The number of hydrogen-bond donors (Lipinski definition) is 0. The Balaban J connectivity index is 2.37. The Morgan fingerprint density at radius 1 is 0.786 bits per heavy atom. The molecule has 0 amide bonds. The predicted molar refractivity (Wildman–Crippen MR) is 59.9 cm³/mol. The lowest BCUT2D eigenvalue weighted by atomic mass is 9.92. The molecule has 0 saturated carbocycles. The summed E-state index contributed by atoms with van der Waals surface area (Å²) in [5, 5.41) is 2.65. The minimum Gasteiger partial charge on any atom is -0.232 e. The predicted octanol–water partition coefficient (Wildman–Crippen LogP) is 3.51. The van der Waals surface area contributed by atoms with Crippen LogP contribution in [0.25, 0.3) is 10.8 Å². The molecule has 0 aromatic heterocycles. The van der Waals surface area contributed by atoms with E-state index in [0.717, 1.165) is 0 Å². The van der Waals surface area contributed by atoms with Crippen molar-refractivity contribution < 1.29 is 0 Å². The summed E-state index contributed by atoms with van der Waals surface area (Å²) in [5.74, 6) is 0. The Morgan fingerprint density at radius 2 is 1.64 bits per heavy atom. The van der Waals surface area contributed by atoms with Gasteiger partial charge in [0.1, 0.15) is 0 Å². The molecule has 2 aromatic rings. The first-order chi connectivity index (χ1) is 6.95. The molecular formula is C14H10-2. The van der Waals surface area contributed by atoms with E-state index in [0.29, 0.717) is 0 Å². The number of fused-ring (bicyclic) bond motifs is 3. The van der Waals surface area contributed by atoms with Crippen molar-refractivity contribution >= 4 is 10.8 Å². The van der Waals surface area contributed by atoms with E-state index in [4.69, 9.17) is 0 Å². The van der Waals surface area contributed by atoms with Crippen molar-refractivity contribution in [2.45, 2.75) is 0 Å². The van der Waals surface area contributed by atoms with E-state index in [2.05, 4.69) is 61.4 Å². The molecule has 1 aliphatic rings. The summed E-state index contributed by atoms with van der Waals surface area (Å²) in [6.07, 6.45) is 8.51. The van der Waals surface area contributed by atoms with Gasteiger partial charge in [0.05, 0.1) is 0 Å². The molecule has 0 atom stereocenters. The van der Waals surface area contributed by atoms with Crippen molar-refractivity contribution in [2.75, 3.05) is 0 Å². The fourth-order valence-corrected chi connectivity index (χ4v) is 1.95. The van der Waals surface area contributed by atoms with E-state index < -0.39 is 0 Å². The standard InChI is InChI=1S/C14H10/c1-3-7-13-11(5-1)9-10-12-6-2-4-8-14(12)13/h1-10H/q-2. The van der Waals surface area contributed by atoms with Crippen LogP contribution in [0.2, 0.25) is 0 Å². The largest absolute Gasteiger partial charge is 0.232 e. The second-order valence-electron chi connectivity index (χ2n) is 3.51. The van der Waals surface area contributed by atoms with Gasteiger partial charge in [0.15, 0.2) is 0 Å². The number of benzene rings is 2. The van der Waals surface area contributed by atoms with E-state index in [1.54, 1.807) is 0 Å². The van der Waals surface area contributed by atoms with Crippen molar-refractivity contribution in [1.29, 1.82) is 0 Å². The Morgan fingerprint density at radius 3 is 2.64 bits per heavy atom. The Bertz CT molecular complexity index is 506. The first kappa shape index (κ1) is 7.57. The van der Waals surface area contributed by atoms with Gasteiger partial charge in [-0.3, -0.25) is 0 Å². The van der Waals surface area contributed by atoms with Crippen LogP contribution >= 0.6 is 0 Å². The van der Waals surface area contributed by atoms with E-state index in [9.17, 15) is 0 Å².